The fourth-order valence-corrected chi connectivity index (χ4v) is 9.77. The van der Waals surface area contributed by atoms with Crippen LogP contribution in [-0.2, 0) is 21.7 Å². The molecule has 0 unspecified atom stereocenters. The predicted molar refractivity (Wildman–Crippen MR) is 164 cm³/mol. The molecule has 2 N–H and O–H groups in total. The van der Waals surface area contributed by atoms with Crippen LogP contribution in [0.1, 0.15) is 24.5 Å². The number of carbonyl (C=O) groups excluding carboxylic acids is 1. The molecule has 1 saturated heterocycles. The van der Waals surface area contributed by atoms with Gasteiger partial charge in [-0.1, -0.05) is 53.2 Å². The van der Waals surface area contributed by atoms with Crippen molar-refractivity contribution in [1.82, 2.24) is 9.78 Å². The van der Waals surface area contributed by atoms with E-state index in [0.717, 1.165) is 26.7 Å². The Balaban J connectivity index is 1.35. The number of aliphatic hydroxyl groups excluding tert-OH is 1. The molecule has 0 bridgehead atoms. The number of carbonyl (C=O) groups is 1. The molecule has 3 aromatic carbocycles. The zero-order chi connectivity index (χ0) is 29.1. The lowest BCUT2D eigenvalue weighted by Crippen LogP contribution is -2.46. The van der Waals surface area contributed by atoms with Gasteiger partial charge in [0.1, 0.15) is 0 Å². The molecule has 1 aromatic heterocycles. The molecule has 3 heterocycles. The molecule has 1 fully saturated rings. The van der Waals surface area contributed by atoms with Crippen molar-refractivity contribution < 1.29 is 19.4 Å². The van der Waals surface area contributed by atoms with Crippen LogP contribution in [0.2, 0.25) is 18.6 Å². The first-order chi connectivity index (χ1) is 19.6. The molecule has 4 atom stereocenters. The molecular formula is C31H32BrN3O5Si. The summed E-state index contributed by atoms with van der Waals surface area (Å²) in [4.78, 5) is 40.4. The Labute approximate surface area is 247 Å². The lowest BCUT2D eigenvalue weighted by atomic mass is 9.82. The summed E-state index contributed by atoms with van der Waals surface area (Å²) < 4.78 is 8.86. The molecule has 0 aliphatic carbocycles. The number of fused-ring (bicyclic) bond motifs is 3. The maximum Gasteiger partial charge on any atom is 0.279 e. The highest BCUT2D eigenvalue weighted by atomic mass is 79.9. The molecule has 0 saturated carbocycles. The van der Waals surface area contributed by atoms with Crippen molar-refractivity contribution in [1.29, 1.82) is 0 Å². The Bertz CT molecular complexity index is 1700. The number of amides is 1. The Morgan fingerprint density at radius 1 is 1.07 bits per heavy atom. The summed E-state index contributed by atoms with van der Waals surface area (Å²) in [6.07, 6.45) is 1.61. The Morgan fingerprint density at radius 3 is 2.51 bits per heavy atom. The quantitative estimate of drug-likeness (QED) is 0.293. The van der Waals surface area contributed by atoms with Gasteiger partial charge in [0, 0.05) is 33.5 Å². The van der Waals surface area contributed by atoms with Crippen LogP contribution in [-0.4, -0.2) is 46.6 Å². The SMILES string of the molecule is C[C@H]1[C@H]([Si](C)(C)O)[C@@H](CCO)O[C@]12C(=O)N(Cc1ccc(-n3ncc4ccccc4c3=O)cc1)c1ccc(Br)cc12. The first-order valence-corrected chi connectivity index (χ1v) is 17.6. The minimum atomic E-state index is -2.75. The number of benzene rings is 3. The molecule has 2 aliphatic heterocycles. The summed E-state index contributed by atoms with van der Waals surface area (Å²) in [5.41, 5.74) is 1.39. The molecular weight excluding hydrogens is 602 g/mol. The van der Waals surface area contributed by atoms with E-state index >= 15 is 0 Å². The Hall–Kier alpha value is -3.15. The van der Waals surface area contributed by atoms with Gasteiger partial charge >= 0.3 is 0 Å². The number of nitrogens with zero attached hydrogens (tertiary/aromatic N) is 3. The summed E-state index contributed by atoms with van der Waals surface area (Å²) in [6.45, 7) is 5.96. The second-order valence-corrected chi connectivity index (χ2v) is 16.4. The van der Waals surface area contributed by atoms with Crippen molar-refractivity contribution in [3.05, 3.63) is 98.9 Å². The lowest BCUT2D eigenvalue weighted by molar-refractivity contribution is -0.146. The Morgan fingerprint density at radius 2 is 1.80 bits per heavy atom. The molecule has 10 heteroatoms. The van der Waals surface area contributed by atoms with Gasteiger partial charge in [0.15, 0.2) is 13.9 Å². The van der Waals surface area contributed by atoms with Crippen molar-refractivity contribution in [3.8, 4) is 5.69 Å². The number of aromatic nitrogens is 2. The van der Waals surface area contributed by atoms with E-state index in [1.807, 2.05) is 80.7 Å². The van der Waals surface area contributed by atoms with Crippen LogP contribution in [0.4, 0.5) is 5.69 Å². The minimum Gasteiger partial charge on any atom is -0.432 e. The van der Waals surface area contributed by atoms with E-state index in [4.69, 9.17) is 4.74 Å². The molecule has 41 heavy (non-hydrogen) atoms. The third-order valence-corrected chi connectivity index (χ3v) is 11.6. The maximum atomic E-state index is 14.4. The number of anilines is 1. The molecule has 2 aliphatic rings. The average molecular weight is 635 g/mol. The van der Waals surface area contributed by atoms with E-state index in [0.29, 0.717) is 24.0 Å². The van der Waals surface area contributed by atoms with Crippen LogP contribution in [0.3, 0.4) is 0 Å². The highest BCUT2D eigenvalue weighted by Crippen LogP contribution is 2.60. The van der Waals surface area contributed by atoms with Crippen molar-refractivity contribution in [2.24, 2.45) is 5.92 Å². The van der Waals surface area contributed by atoms with E-state index in [9.17, 15) is 19.5 Å². The molecule has 0 radical (unpaired) electrons. The van der Waals surface area contributed by atoms with E-state index in [1.54, 1.807) is 17.2 Å². The van der Waals surface area contributed by atoms with Gasteiger partial charge in [-0.15, -0.1) is 0 Å². The van der Waals surface area contributed by atoms with E-state index in [1.165, 1.54) is 4.68 Å². The number of halogens is 1. The van der Waals surface area contributed by atoms with Gasteiger partial charge in [-0.05, 0) is 61.5 Å². The monoisotopic (exact) mass is 633 g/mol. The van der Waals surface area contributed by atoms with Gasteiger partial charge in [-0.3, -0.25) is 9.59 Å². The van der Waals surface area contributed by atoms with Gasteiger partial charge in [-0.2, -0.15) is 9.78 Å². The number of hydrogen-bond acceptors (Lipinski definition) is 6. The number of rotatable bonds is 6. The summed E-state index contributed by atoms with van der Waals surface area (Å²) >= 11 is 3.57. The molecule has 8 nitrogen and oxygen atoms in total. The van der Waals surface area contributed by atoms with E-state index in [2.05, 4.69) is 21.0 Å². The summed E-state index contributed by atoms with van der Waals surface area (Å²) in [5, 5.41) is 15.5. The van der Waals surface area contributed by atoms with Crippen LogP contribution in [0.5, 0.6) is 0 Å². The average Bonchev–Trinajstić information content (AvgIpc) is 3.36. The lowest BCUT2D eigenvalue weighted by Gasteiger charge is -2.32. The fraction of sp³-hybridized carbons (Fsp3) is 0.323. The van der Waals surface area contributed by atoms with Gasteiger partial charge in [0.05, 0.1) is 35.6 Å². The van der Waals surface area contributed by atoms with Gasteiger partial charge in [0.2, 0.25) is 0 Å². The van der Waals surface area contributed by atoms with Crippen molar-refractivity contribution in [2.45, 2.75) is 50.2 Å². The van der Waals surface area contributed by atoms with Crippen molar-refractivity contribution >= 4 is 46.6 Å². The predicted octanol–water partition coefficient (Wildman–Crippen LogP) is 4.88. The highest BCUT2D eigenvalue weighted by molar-refractivity contribution is 9.10. The number of ether oxygens (including phenoxy) is 1. The van der Waals surface area contributed by atoms with E-state index in [-0.39, 0.29) is 29.5 Å². The zero-order valence-electron chi connectivity index (χ0n) is 23.1. The van der Waals surface area contributed by atoms with Crippen LogP contribution in [0, 0.1) is 5.92 Å². The standard InChI is InChI=1S/C31H32BrN3O5Si/c1-19-28(41(2,3)39)27(14-15-36)40-31(19)25-16-22(32)10-13-26(25)34(30(31)38)18-20-8-11-23(12-9-20)35-29(37)24-7-5-4-6-21(24)17-33-35/h4-13,16-17,19,27-28,36,39H,14-15,18H2,1-3H3/t19-,27+,28-,31+/m0/s1. The zero-order valence-corrected chi connectivity index (χ0v) is 25.7. The van der Waals surface area contributed by atoms with Gasteiger partial charge in [-0.25, -0.2) is 0 Å². The van der Waals surface area contributed by atoms with E-state index < -0.39 is 20.0 Å². The number of aliphatic hydroxyl groups is 1. The maximum absolute atomic E-state index is 14.4. The largest absolute Gasteiger partial charge is 0.432 e. The first-order valence-electron chi connectivity index (χ1n) is 13.8. The van der Waals surface area contributed by atoms with Crippen LogP contribution >= 0.6 is 15.9 Å². The van der Waals surface area contributed by atoms with Crippen LogP contribution in [0.25, 0.3) is 16.5 Å². The topological polar surface area (TPSA) is 105 Å². The van der Waals surface area contributed by atoms with Crippen LogP contribution < -0.4 is 10.5 Å². The van der Waals surface area contributed by atoms with Crippen molar-refractivity contribution in [3.63, 3.8) is 0 Å². The molecule has 212 valence electrons. The van der Waals surface area contributed by atoms with Crippen LogP contribution in [0.15, 0.2) is 82.2 Å². The highest BCUT2D eigenvalue weighted by Gasteiger charge is 2.66. The number of hydrogen-bond donors (Lipinski definition) is 2. The Kier molecular flexibility index (Phi) is 7.02. The third kappa shape index (κ3) is 4.49. The summed E-state index contributed by atoms with van der Waals surface area (Å²) in [7, 11) is -2.75. The minimum absolute atomic E-state index is 0.0841. The second-order valence-electron chi connectivity index (χ2n) is 11.5. The fourth-order valence-electron chi connectivity index (χ4n) is 6.80. The molecule has 1 spiro atoms. The smallest absolute Gasteiger partial charge is 0.279 e. The normalized spacial score (nSPS) is 24.0. The summed E-state index contributed by atoms with van der Waals surface area (Å²) in [6, 6.07) is 20.6. The molecule has 4 aromatic rings. The molecule has 1 amide bonds. The molecule has 6 rings (SSSR count). The first kappa shape index (κ1) is 28.0. The summed E-state index contributed by atoms with van der Waals surface area (Å²) in [5.74, 6) is -0.456. The van der Waals surface area contributed by atoms with Crippen molar-refractivity contribution in [2.75, 3.05) is 11.5 Å². The van der Waals surface area contributed by atoms with Gasteiger partial charge in [0.25, 0.3) is 11.5 Å². The van der Waals surface area contributed by atoms with Gasteiger partial charge < -0.3 is 19.5 Å². The third-order valence-electron chi connectivity index (χ3n) is 8.58. The second kappa shape index (κ2) is 10.3.